The van der Waals surface area contributed by atoms with Gasteiger partial charge < -0.3 is 115 Å². The molecule has 792 valence electrons. The van der Waals surface area contributed by atoms with Crippen LogP contribution in [0.25, 0.3) is 32.8 Å². The number of hydrogen-bond donors (Lipinski definition) is 22. The number of hydrogen-bond acceptors (Lipinski definition) is 35. The molecule has 24 N–H and O–H groups in total. The summed E-state index contributed by atoms with van der Waals surface area (Å²) in [6.45, 7) is -0.444. The number of aromatic nitrogens is 11. The minimum atomic E-state index is -2.23. The smallest absolute Gasteiger partial charge is 0.326 e. The fourth-order valence-corrected chi connectivity index (χ4v) is 15.9. The van der Waals surface area contributed by atoms with Gasteiger partial charge in [-0.15, -0.1) is 17.4 Å². The molecule has 0 saturated carbocycles. The molecule has 54 heteroatoms. The number of anilines is 4. The fourth-order valence-electron chi connectivity index (χ4n) is 15.1. The van der Waals surface area contributed by atoms with Crippen LogP contribution in [0, 0.1) is 31.3 Å². The zero-order valence-corrected chi connectivity index (χ0v) is 83.5. The number of Topliss-reactive ketones (excluding diaryl/α,β-unsaturated/α-hetero) is 2. The highest BCUT2D eigenvalue weighted by molar-refractivity contribution is 14.1. The van der Waals surface area contributed by atoms with Gasteiger partial charge in [0.05, 0.1) is 73.8 Å². The first-order chi connectivity index (χ1) is 70.7. The van der Waals surface area contributed by atoms with Crippen molar-refractivity contribution in [1.29, 1.82) is 0 Å². The first kappa shape index (κ1) is 117. The Morgan fingerprint density at radius 1 is 0.527 bits per heavy atom. The Bertz CT molecular complexity index is 6290. The number of aliphatic carboxylic acids is 4. The van der Waals surface area contributed by atoms with Crippen molar-refractivity contribution in [2.75, 3.05) is 48.4 Å². The van der Waals surface area contributed by atoms with Crippen LogP contribution in [0.15, 0.2) is 130 Å². The Kier molecular flexibility index (Phi) is 46.5. The number of nitrogens with zero attached hydrogens (tertiary/aromatic N) is 12. The first-order valence-electron chi connectivity index (χ1n) is 46.5. The van der Waals surface area contributed by atoms with E-state index in [4.69, 9.17) is 43.1 Å². The van der Waals surface area contributed by atoms with Crippen molar-refractivity contribution in [1.82, 2.24) is 86.8 Å². The standard InChI is InChI=1S/C47H56FIN12O13.C41H46IN9O9.C6H10FN3O4/c48-36-39(66)38(65)34(23-62)74-44(36)61-22-29(59-60-61)18-26(42(68)55-32(45(70)71)5-1-2-17-51-35(64)6-3-4-24-7-11-27(49)12-8-24)19-31(63)15-16-33(46(72)73)56-41(67)25-9-13-28(14-10-25)52-20-30-21-53-40-37(54-30)43(69)58-47(50)57-40;1-2-6-26(37(55)48-31(39(57)58)8-3-4-20-44-33(53)9-5-7-24-10-14-27(42)15-11-24)21-30(52)18-19-32(40(59)60)49-36(54)25-12-16-28(17-13-25)45-22-29-23-46-35-34(47-29)38(56)51-41(43)50-35;7-3-5(13)4(12)2(1-11)14-6(3)9-10-8/h7-14,21-22,26,32-34,36,38-39,44,52,62,65-66H,1-6,15-20,23H2,(H,51,64)(H,55,68)(H,56,67)(H,70,71)(H,72,73)(H3,50,53,57,58,69);1,10-17,23,26,31-32,45H,3-9,18-22H2,(H,44,53)(H,48,55)(H,49,54)(H,57,58)(H,59,60)(H3,43,46,50,51,56);2-6,11-13H,1H2/t26?,32-,33-,34?,36?,38+,39+,44+;26?,31-,32-;2?,3?,4-,5-,6-/m001/s1/i48-1;;7-1. The highest BCUT2D eigenvalue weighted by Crippen LogP contribution is 2.32. The van der Waals surface area contributed by atoms with Gasteiger partial charge in [-0.05, 0) is 212 Å². The van der Waals surface area contributed by atoms with Crippen molar-refractivity contribution in [3.63, 3.8) is 0 Å². The summed E-state index contributed by atoms with van der Waals surface area (Å²) < 4.78 is 41.5. The van der Waals surface area contributed by atoms with Crippen LogP contribution in [0.1, 0.15) is 164 Å². The van der Waals surface area contributed by atoms with Gasteiger partial charge in [-0.1, -0.05) is 34.6 Å². The van der Waals surface area contributed by atoms with E-state index in [1.807, 2.05) is 48.5 Å². The lowest BCUT2D eigenvalue weighted by atomic mass is 9.93. The van der Waals surface area contributed by atoms with E-state index in [0.717, 1.165) is 42.0 Å². The summed E-state index contributed by atoms with van der Waals surface area (Å²) in [4.78, 5) is 209. The monoisotopic (exact) mass is 2280 g/mol. The second-order valence-electron chi connectivity index (χ2n) is 34.3. The predicted molar refractivity (Wildman–Crippen MR) is 539 cm³/mol. The van der Waals surface area contributed by atoms with Gasteiger partial charge in [0.1, 0.15) is 72.4 Å². The van der Waals surface area contributed by atoms with Crippen molar-refractivity contribution in [3.8, 4) is 12.3 Å². The Balaban J connectivity index is 0.000000295. The summed E-state index contributed by atoms with van der Waals surface area (Å²) in [5.74, 6) is -10.2. The van der Waals surface area contributed by atoms with E-state index in [1.54, 1.807) is 24.3 Å². The maximum atomic E-state index is 15.1. The summed E-state index contributed by atoms with van der Waals surface area (Å²) in [6.07, 6.45) is -5.25. The van der Waals surface area contributed by atoms with Gasteiger partial charge in [0.2, 0.25) is 35.5 Å². The van der Waals surface area contributed by atoms with E-state index in [9.17, 15) is 112 Å². The molecule has 2 aliphatic heterocycles. The summed E-state index contributed by atoms with van der Waals surface area (Å²) >= 11 is 4.45. The molecule has 16 atom stereocenters. The largest absolute Gasteiger partial charge is 0.480 e. The molecule has 0 radical (unpaired) electrons. The van der Waals surface area contributed by atoms with Crippen LogP contribution >= 0.6 is 45.2 Å². The summed E-state index contributed by atoms with van der Waals surface area (Å²) in [5.41, 5.74) is 22.7. The Hall–Kier alpha value is -14.4. The molecule has 9 aromatic rings. The molecule has 0 bridgehead atoms. The third-order valence-electron chi connectivity index (χ3n) is 23.3. The number of halogens is 4. The van der Waals surface area contributed by atoms with Crippen LogP contribution in [0.4, 0.5) is 32.1 Å². The lowest BCUT2D eigenvalue weighted by Gasteiger charge is -2.38. The number of unbranched alkanes of at least 4 members (excludes halogenated alkanes) is 2. The molecule has 7 heterocycles. The number of benzene rings is 4. The van der Waals surface area contributed by atoms with E-state index < -0.39 is 200 Å². The minimum absolute atomic E-state index is 0.00419. The topological polar surface area (TPSA) is 796 Å². The van der Waals surface area contributed by atoms with Gasteiger partial charge in [-0.3, -0.25) is 57.9 Å². The molecule has 4 aromatic carbocycles. The maximum absolute atomic E-state index is 15.1. The average molecular weight is 2280 g/mol. The predicted octanol–water partition coefficient (Wildman–Crippen LogP) is 2.74. The molecule has 5 aromatic heterocycles. The van der Waals surface area contributed by atoms with E-state index >= 15 is 4.39 Å². The van der Waals surface area contributed by atoms with Gasteiger partial charge in [0.15, 0.2) is 47.1 Å². The van der Waals surface area contributed by atoms with Gasteiger partial charge in [-0.2, -0.15) is 9.97 Å². The van der Waals surface area contributed by atoms with Crippen LogP contribution in [0.5, 0.6) is 0 Å². The molecule has 6 amide bonds. The zero-order valence-electron chi connectivity index (χ0n) is 79.2. The second kappa shape index (κ2) is 58.8. The number of azide groups is 1. The highest BCUT2D eigenvalue weighted by Gasteiger charge is 2.47. The molecule has 0 aliphatic carbocycles. The summed E-state index contributed by atoms with van der Waals surface area (Å²) in [6, 6.07) is 22.5. The lowest BCUT2D eigenvalue weighted by molar-refractivity contribution is -0.237. The van der Waals surface area contributed by atoms with Crippen LogP contribution in [-0.4, -0.2) is 282 Å². The van der Waals surface area contributed by atoms with Crippen LogP contribution in [0.3, 0.4) is 0 Å². The minimum Gasteiger partial charge on any atom is -0.480 e. The first-order valence-corrected chi connectivity index (χ1v) is 48.7. The molecule has 2 aliphatic rings. The molecular weight excluding hydrogens is 2170 g/mol. The van der Waals surface area contributed by atoms with Crippen LogP contribution in [-0.2, 0) is 89.8 Å². The normalized spacial score (nSPS) is 18.4. The number of ether oxygens (including phenoxy) is 2. The van der Waals surface area contributed by atoms with Crippen LogP contribution < -0.4 is 65.1 Å². The SMILES string of the molecule is C#CCC(CC(=O)CC[C@H](NC(=O)c1ccc(NCc2cnc3nc(N)[nH]c(=O)c3n2)cc1)C(=O)O)C(=O)N[C@@H](CCCCNC(=O)CCCc1ccc(I)cc1)C(=O)O.Nc1nc2ncc(CNc3ccc(C(=O)N[C@@H](CCC(=O)CC(Cc4cn([C@@H]5OC(CO)[C@@H](O)[C@H](O)C5[18F])nn4)C(=O)N[C@@H](CCCCNC(=O)CCCc4ccc(I)cc4)C(=O)O)C(=O)O)cc3)nc2c(=O)[nH]1.[N-]=[N+]=N[C@@H]1OC(CO)[C@@H](O)[C@H](O)C1[18F]. The number of carbonyl (C=O) groups excluding carboxylic acids is 8. The highest BCUT2D eigenvalue weighted by atomic mass is 127. The average Bonchev–Trinajstić information content (AvgIpc) is 1.55. The van der Waals surface area contributed by atoms with Crippen molar-refractivity contribution >= 4 is 162 Å². The third kappa shape index (κ3) is 36.9. The molecule has 2 fully saturated rings. The number of H-pyrrole nitrogens is 2. The number of carboxylic acids is 4. The number of aliphatic hydroxyl groups is 6. The number of fused-ring (bicyclic) bond motifs is 2. The van der Waals surface area contributed by atoms with Gasteiger partial charge in [0.25, 0.3) is 22.9 Å². The number of rotatable bonds is 53. The molecule has 6 unspecified atom stereocenters. The Labute approximate surface area is 868 Å². The molecule has 0 spiro atoms. The van der Waals surface area contributed by atoms with Crippen LogP contribution in [0.2, 0.25) is 0 Å². The number of aliphatic hydroxyl groups excluding tert-OH is 6. The van der Waals surface area contributed by atoms with Crippen molar-refractivity contribution in [2.45, 2.75) is 227 Å². The number of nitrogens with one attached hydrogen (secondary N) is 10. The van der Waals surface area contributed by atoms with E-state index in [0.29, 0.717) is 74.3 Å². The van der Waals surface area contributed by atoms with E-state index in [1.165, 1.54) is 36.7 Å². The molecular formula is C94H112F2I2N24O26. The fraction of sp³-hybridized carbons (Fsp3) is 0.447. The quantitative estimate of drug-likeness (QED) is 0.00651. The van der Waals surface area contributed by atoms with Gasteiger partial charge in [-0.25, -0.2) is 52.6 Å². The number of aryl methyl sites for hydroxylation is 2. The summed E-state index contributed by atoms with van der Waals surface area (Å²) in [7, 11) is 0. The number of aromatic amines is 2. The number of terminal acetylenes is 1. The Morgan fingerprint density at radius 3 is 1.36 bits per heavy atom. The number of amides is 6. The van der Waals surface area contributed by atoms with E-state index in [-0.39, 0.29) is 134 Å². The molecule has 2 saturated heterocycles. The number of nitrogens with two attached hydrogens (primary N) is 2. The van der Waals surface area contributed by atoms with Crippen molar-refractivity contribution in [3.05, 3.63) is 193 Å². The second-order valence-corrected chi connectivity index (χ2v) is 36.8. The van der Waals surface area contributed by atoms with Crippen molar-refractivity contribution in [2.24, 2.45) is 17.0 Å². The van der Waals surface area contributed by atoms with Gasteiger partial charge >= 0.3 is 23.9 Å². The lowest BCUT2D eigenvalue weighted by Crippen LogP contribution is -2.56. The van der Waals surface area contributed by atoms with Gasteiger partial charge in [0, 0.05) is 99.0 Å². The maximum Gasteiger partial charge on any atom is 0.326 e. The molecule has 11 rings (SSSR count). The number of carboxylic acid groups (broad SMARTS) is 4. The third-order valence-corrected chi connectivity index (χ3v) is 24.7. The number of nitrogen functional groups attached to an aromatic ring is 2. The number of carbonyl (C=O) groups is 12. The molecule has 50 nitrogen and oxygen atoms in total. The van der Waals surface area contributed by atoms with E-state index in [2.05, 4.69) is 154 Å². The zero-order chi connectivity index (χ0) is 108. The van der Waals surface area contributed by atoms with Crippen molar-refractivity contribution < 1.29 is 127 Å². The number of ketones is 2. The Morgan fingerprint density at radius 2 is 0.939 bits per heavy atom. The molecule has 148 heavy (non-hydrogen) atoms. The summed E-state index contributed by atoms with van der Waals surface area (Å²) in [5, 5.41) is 129. The number of alkyl halides is 2.